The van der Waals surface area contributed by atoms with Crippen molar-refractivity contribution >= 4 is 0 Å². The van der Waals surface area contributed by atoms with Gasteiger partial charge < -0.3 is 9.84 Å². The van der Waals surface area contributed by atoms with Gasteiger partial charge in [-0.3, -0.25) is 4.98 Å². The van der Waals surface area contributed by atoms with E-state index in [4.69, 9.17) is 4.52 Å². The molecule has 4 rings (SSSR count). The Morgan fingerprint density at radius 1 is 1.15 bits per heavy atom. The molecule has 3 aromatic heterocycles. The number of hydrogen-bond donors (Lipinski definition) is 1. The van der Waals surface area contributed by atoms with Crippen LogP contribution in [0, 0.1) is 11.8 Å². The zero-order chi connectivity index (χ0) is 19.1. The summed E-state index contributed by atoms with van der Waals surface area (Å²) < 4.78 is 18.5. The van der Waals surface area contributed by atoms with E-state index in [9.17, 15) is 4.39 Å². The molecule has 1 aliphatic heterocycles. The third-order valence-electron chi connectivity index (χ3n) is 3.81. The van der Waals surface area contributed by atoms with Gasteiger partial charge in [0, 0.05) is 30.9 Å². The SMILES string of the molecule is CC.FC1CNC(c2nc(-c3ccc(C#Cc4ccccn4)cn3)no2)C1. The van der Waals surface area contributed by atoms with Crippen molar-refractivity contribution in [2.45, 2.75) is 32.5 Å². The minimum Gasteiger partial charge on any atom is -0.337 e. The van der Waals surface area contributed by atoms with Crippen LogP contribution in [-0.2, 0) is 0 Å². The normalized spacial score (nSPS) is 18.2. The van der Waals surface area contributed by atoms with Crippen molar-refractivity contribution in [3.8, 4) is 23.4 Å². The summed E-state index contributed by atoms with van der Waals surface area (Å²) in [7, 11) is 0. The molecule has 6 nitrogen and oxygen atoms in total. The summed E-state index contributed by atoms with van der Waals surface area (Å²) in [6.07, 6.45) is 2.81. The van der Waals surface area contributed by atoms with Crippen LogP contribution in [0.1, 0.15) is 43.5 Å². The molecule has 0 bridgehead atoms. The van der Waals surface area contributed by atoms with Crippen LogP contribution >= 0.6 is 0 Å². The van der Waals surface area contributed by atoms with Crippen molar-refractivity contribution in [1.29, 1.82) is 0 Å². The highest BCUT2D eigenvalue weighted by atomic mass is 19.1. The summed E-state index contributed by atoms with van der Waals surface area (Å²) in [6.45, 7) is 4.31. The maximum Gasteiger partial charge on any atom is 0.244 e. The maximum absolute atomic E-state index is 13.2. The van der Waals surface area contributed by atoms with Crippen LogP contribution in [0.5, 0.6) is 0 Å². The lowest BCUT2D eigenvalue weighted by molar-refractivity contribution is 0.324. The molecular formula is C20H20FN5O. The third-order valence-corrected chi connectivity index (χ3v) is 3.81. The van der Waals surface area contributed by atoms with Crippen LogP contribution in [0.25, 0.3) is 11.5 Å². The Labute approximate surface area is 157 Å². The average molecular weight is 365 g/mol. The molecule has 0 aromatic carbocycles. The second-order valence-corrected chi connectivity index (χ2v) is 5.65. The monoisotopic (exact) mass is 365 g/mol. The van der Waals surface area contributed by atoms with Gasteiger partial charge in [-0.2, -0.15) is 4.98 Å². The lowest BCUT2D eigenvalue weighted by Gasteiger charge is -2.01. The molecule has 1 fully saturated rings. The molecule has 7 heteroatoms. The van der Waals surface area contributed by atoms with Gasteiger partial charge >= 0.3 is 0 Å². The van der Waals surface area contributed by atoms with Crippen molar-refractivity contribution in [3.05, 3.63) is 59.9 Å². The standard InChI is InChI=1S/C18H14FN5O.C2H6/c19-13-9-16(22-11-13)18-23-17(24-25-18)15-7-5-12(10-21-15)4-6-14-3-1-2-8-20-14;1-2/h1-3,5,7-8,10,13,16,22H,9,11H2;1-2H3. The second kappa shape index (κ2) is 9.01. The summed E-state index contributed by atoms with van der Waals surface area (Å²) >= 11 is 0. The molecule has 0 radical (unpaired) electrons. The van der Waals surface area contributed by atoms with Crippen molar-refractivity contribution < 1.29 is 8.91 Å². The van der Waals surface area contributed by atoms with Gasteiger partial charge in [0.15, 0.2) is 0 Å². The van der Waals surface area contributed by atoms with E-state index < -0.39 is 6.17 Å². The Hall–Kier alpha value is -3.11. The number of alkyl halides is 1. The van der Waals surface area contributed by atoms with E-state index >= 15 is 0 Å². The fourth-order valence-corrected chi connectivity index (χ4v) is 2.53. The summed E-state index contributed by atoms with van der Waals surface area (Å²) in [4.78, 5) is 12.8. The zero-order valence-electron chi connectivity index (χ0n) is 15.2. The minimum absolute atomic E-state index is 0.236. The molecule has 1 saturated heterocycles. The number of halogens is 1. The van der Waals surface area contributed by atoms with Gasteiger partial charge in [0.05, 0.1) is 6.04 Å². The molecule has 27 heavy (non-hydrogen) atoms. The number of nitrogens with one attached hydrogen (secondary N) is 1. The Morgan fingerprint density at radius 2 is 2.04 bits per heavy atom. The topological polar surface area (TPSA) is 76.7 Å². The van der Waals surface area contributed by atoms with Crippen molar-refractivity contribution in [2.75, 3.05) is 6.54 Å². The Kier molecular flexibility index (Phi) is 6.23. The van der Waals surface area contributed by atoms with Crippen LogP contribution in [0.15, 0.2) is 47.2 Å². The van der Waals surface area contributed by atoms with E-state index in [2.05, 4.69) is 37.3 Å². The van der Waals surface area contributed by atoms with E-state index in [1.54, 1.807) is 18.5 Å². The number of nitrogens with zero attached hydrogens (tertiary/aromatic N) is 4. The highest BCUT2D eigenvalue weighted by Gasteiger charge is 2.29. The van der Waals surface area contributed by atoms with E-state index in [1.807, 2.05) is 38.1 Å². The second-order valence-electron chi connectivity index (χ2n) is 5.65. The van der Waals surface area contributed by atoms with Gasteiger partial charge in [0.25, 0.3) is 0 Å². The lowest BCUT2D eigenvalue weighted by Crippen LogP contribution is -2.14. The summed E-state index contributed by atoms with van der Waals surface area (Å²) in [5.74, 6) is 6.74. The first kappa shape index (κ1) is 18.7. The van der Waals surface area contributed by atoms with Gasteiger partial charge in [-0.05, 0) is 30.2 Å². The molecule has 1 N–H and O–H groups in total. The highest BCUT2D eigenvalue weighted by molar-refractivity contribution is 5.50. The first-order valence-electron chi connectivity index (χ1n) is 8.88. The molecule has 4 heterocycles. The van der Waals surface area contributed by atoms with Crippen LogP contribution in [0.4, 0.5) is 4.39 Å². The predicted molar refractivity (Wildman–Crippen MR) is 99.4 cm³/mol. The molecule has 3 aromatic rings. The fraction of sp³-hybridized carbons (Fsp3) is 0.300. The minimum atomic E-state index is -0.879. The quantitative estimate of drug-likeness (QED) is 0.702. The van der Waals surface area contributed by atoms with Crippen molar-refractivity contribution in [1.82, 2.24) is 25.4 Å². The summed E-state index contributed by atoms with van der Waals surface area (Å²) in [5, 5.41) is 6.94. The van der Waals surface area contributed by atoms with Gasteiger partial charge in [0.1, 0.15) is 17.6 Å². The predicted octanol–water partition coefficient (Wildman–Crippen LogP) is 3.33. The summed E-state index contributed by atoms with van der Waals surface area (Å²) in [6, 6.07) is 8.94. The molecule has 1 aliphatic rings. The van der Waals surface area contributed by atoms with E-state index in [0.717, 1.165) is 5.56 Å². The van der Waals surface area contributed by atoms with Gasteiger partial charge in [0.2, 0.25) is 11.7 Å². The molecule has 2 unspecified atom stereocenters. The summed E-state index contributed by atoms with van der Waals surface area (Å²) in [5.41, 5.74) is 2.04. The third kappa shape index (κ3) is 4.74. The molecule has 0 amide bonds. The van der Waals surface area contributed by atoms with E-state index in [0.29, 0.717) is 36.1 Å². The maximum atomic E-state index is 13.2. The highest BCUT2D eigenvalue weighted by Crippen LogP contribution is 2.25. The van der Waals surface area contributed by atoms with Crippen molar-refractivity contribution in [3.63, 3.8) is 0 Å². The molecule has 138 valence electrons. The number of pyridine rings is 2. The molecule has 0 saturated carbocycles. The molecular weight excluding hydrogens is 345 g/mol. The Balaban J connectivity index is 0.00000102. The van der Waals surface area contributed by atoms with Crippen LogP contribution in [0.3, 0.4) is 0 Å². The van der Waals surface area contributed by atoms with Crippen molar-refractivity contribution in [2.24, 2.45) is 0 Å². The van der Waals surface area contributed by atoms with Crippen LogP contribution < -0.4 is 5.32 Å². The first-order chi connectivity index (χ1) is 13.3. The van der Waals surface area contributed by atoms with E-state index in [1.165, 1.54) is 0 Å². The van der Waals surface area contributed by atoms with Gasteiger partial charge in [-0.15, -0.1) is 0 Å². The largest absolute Gasteiger partial charge is 0.337 e. The fourth-order valence-electron chi connectivity index (χ4n) is 2.53. The average Bonchev–Trinajstić information content (AvgIpc) is 3.38. The molecule has 0 spiro atoms. The first-order valence-corrected chi connectivity index (χ1v) is 8.88. The Morgan fingerprint density at radius 3 is 2.70 bits per heavy atom. The smallest absolute Gasteiger partial charge is 0.244 e. The van der Waals surface area contributed by atoms with E-state index in [-0.39, 0.29) is 6.04 Å². The van der Waals surface area contributed by atoms with Crippen LogP contribution in [0.2, 0.25) is 0 Å². The van der Waals surface area contributed by atoms with Gasteiger partial charge in [-0.1, -0.05) is 31.0 Å². The number of hydrogen-bond acceptors (Lipinski definition) is 6. The lowest BCUT2D eigenvalue weighted by atomic mass is 10.2. The Bertz CT molecular complexity index is 915. The zero-order valence-corrected chi connectivity index (χ0v) is 15.2. The number of aromatic nitrogens is 4. The van der Waals surface area contributed by atoms with Crippen LogP contribution in [-0.4, -0.2) is 32.8 Å². The molecule has 0 aliphatic carbocycles. The van der Waals surface area contributed by atoms with Gasteiger partial charge in [-0.25, -0.2) is 9.37 Å². The molecule has 2 atom stereocenters. The number of rotatable bonds is 2.